The van der Waals surface area contributed by atoms with Crippen LogP contribution in [0.25, 0.3) is 0 Å². The van der Waals surface area contributed by atoms with E-state index in [1.165, 1.54) is 24.8 Å². The second-order valence-electron chi connectivity index (χ2n) is 6.31. The Kier molecular flexibility index (Phi) is 5.85. The van der Waals surface area contributed by atoms with Gasteiger partial charge in [0.05, 0.1) is 10.8 Å². The maximum atomic E-state index is 12.5. The zero-order valence-electron chi connectivity index (χ0n) is 15.7. The average molecular weight is 397 g/mol. The Balaban J connectivity index is 1.65. The summed E-state index contributed by atoms with van der Waals surface area (Å²) in [6, 6.07) is 9.09. The van der Waals surface area contributed by atoms with E-state index in [9.17, 15) is 14.9 Å². The molecule has 0 spiro atoms. The van der Waals surface area contributed by atoms with Gasteiger partial charge < -0.3 is 14.8 Å². The number of fused-ring (bicyclic) bond motifs is 1. The lowest BCUT2D eigenvalue weighted by Gasteiger charge is -2.14. The number of aryl methyl sites for hydroxylation is 1. The van der Waals surface area contributed by atoms with Gasteiger partial charge in [0.15, 0.2) is 17.3 Å². The van der Waals surface area contributed by atoms with E-state index >= 15 is 0 Å². The molecule has 0 saturated heterocycles. The highest BCUT2D eigenvalue weighted by Crippen LogP contribution is 2.32. The summed E-state index contributed by atoms with van der Waals surface area (Å²) in [6.45, 7) is 5.45. The number of nitriles is 1. The molecule has 0 aliphatic carbocycles. The van der Waals surface area contributed by atoms with Crippen molar-refractivity contribution in [3.8, 4) is 17.6 Å². The zero-order valence-corrected chi connectivity index (χ0v) is 16.6. The van der Waals surface area contributed by atoms with Gasteiger partial charge in [0.1, 0.15) is 11.1 Å². The van der Waals surface area contributed by atoms with Crippen molar-refractivity contribution in [3.05, 3.63) is 46.6 Å². The molecule has 144 valence electrons. The highest BCUT2D eigenvalue weighted by molar-refractivity contribution is 8.00. The highest BCUT2D eigenvalue weighted by Gasteiger charge is 2.20. The van der Waals surface area contributed by atoms with E-state index in [0.717, 1.165) is 5.56 Å². The summed E-state index contributed by atoms with van der Waals surface area (Å²) >= 11 is 1.19. The number of benzene rings is 1. The molecule has 0 saturated carbocycles. The Morgan fingerprint density at radius 2 is 2.07 bits per heavy atom. The Labute approximate surface area is 167 Å². The molecule has 0 radical (unpaired) electrons. The molecular formula is C20H19N3O4S. The van der Waals surface area contributed by atoms with Crippen LogP contribution in [0.5, 0.6) is 11.5 Å². The van der Waals surface area contributed by atoms with Crippen molar-refractivity contribution in [1.29, 1.82) is 5.26 Å². The lowest BCUT2D eigenvalue weighted by molar-refractivity contribution is -0.120. The van der Waals surface area contributed by atoms with Gasteiger partial charge in [-0.25, -0.2) is 4.98 Å². The number of nitrogens with one attached hydrogen (secondary N) is 1. The quantitative estimate of drug-likeness (QED) is 0.590. The van der Waals surface area contributed by atoms with Crippen molar-refractivity contribution >= 4 is 23.5 Å². The Bertz CT molecular complexity index is 984. The van der Waals surface area contributed by atoms with Crippen LogP contribution in [0.1, 0.15) is 41.0 Å². The summed E-state index contributed by atoms with van der Waals surface area (Å²) in [5.41, 5.74) is 2.14. The second kappa shape index (κ2) is 8.31. The summed E-state index contributed by atoms with van der Waals surface area (Å²) < 4.78 is 10.6. The lowest BCUT2D eigenvalue weighted by atomic mass is 10.1. The number of thioether (sulfide) groups is 1. The largest absolute Gasteiger partial charge is 0.454 e. The number of rotatable bonds is 6. The molecule has 1 aromatic heterocycles. The number of pyridine rings is 1. The molecule has 3 rings (SSSR count). The predicted octanol–water partition coefficient (Wildman–Crippen LogP) is 2.99. The maximum Gasteiger partial charge on any atom is 0.233 e. The number of carbonyl (C=O) groups excluding carboxylic acids is 2. The third-order valence-electron chi connectivity index (χ3n) is 4.24. The summed E-state index contributed by atoms with van der Waals surface area (Å²) in [6.07, 6.45) is 0. The van der Waals surface area contributed by atoms with Gasteiger partial charge in [-0.2, -0.15) is 5.26 Å². The van der Waals surface area contributed by atoms with Crippen LogP contribution >= 0.6 is 11.8 Å². The summed E-state index contributed by atoms with van der Waals surface area (Å²) in [5, 5.41) is 12.2. The number of ketones is 1. The van der Waals surface area contributed by atoms with E-state index in [2.05, 4.69) is 16.4 Å². The van der Waals surface area contributed by atoms with Gasteiger partial charge in [-0.3, -0.25) is 9.59 Å². The van der Waals surface area contributed by atoms with Gasteiger partial charge in [-0.05, 0) is 44.5 Å². The molecule has 7 nitrogen and oxygen atoms in total. The van der Waals surface area contributed by atoms with Crippen LogP contribution in [0.2, 0.25) is 0 Å². The first kappa shape index (κ1) is 19.7. The minimum absolute atomic E-state index is 0.146. The molecule has 2 aromatic rings. The number of carbonyl (C=O) groups is 2. The number of nitrogens with zero attached hydrogens (tertiary/aromatic N) is 2. The van der Waals surface area contributed by atoms with Gasteiger partial charge in [-0.15, -0.1) is 0 Å². The van der Waals surface area contributed by atoms with E-state index < -0.39 is 5.25 Å². The molecule has 1 aromatic carbocycles. The lowest BCUT2D eigenvalue weighted by Crippen LogP contribution is -2.30. The van der Waals surface area contributed by atoms with Crippen molar-refractivity contribution in [1.82, 2.24) is 10.3 Å². The van der Waals surface area contributed by atoms with Crippen LogP contribution in [-0.2, 0) is 11.3 Å². The molecule has 1 N–H and O–H groups in total. The Hall–Kier alpha value is -3.05. The normalized spacial score (nSPS) is 12.9. The molecule has 0 fully saturated rings. The topological polar surface area (TPSA) is 101 Å². The number of ether oxygens (including phenoxy) is 2. The Morgan fingerprint density at radius 3 is 2.79 bits per heavy atom. The fourth-order valence-corrected chi connectivity index (χ4v) is 3.66. The first-order chi connectivity index (χ1) is 13.4. The molecule has 0 bridgehead atoms. The molecule has 1 atom stereocenters. The molecular weight excluding hydrogens is 378 g/mol. The van der Waals surface area contributed by atoms with Crippen molar-refractivity contribution < 1.29 is 19.1 Å². The predicted molar refractivity (Wildman–Crippen MR) is 103 cm³/mol. The van der Waals surface area contributed by atoms with Gasteiger partial charge in [0.25, 0.3) is 0 Å². The monoisotopic (exact) mass is 397 g/mol. The average Bonchev–Trinajstić information content (AvgIpc) is 3.13. The Morgan fingerprint density at radius 1 is 1.32 bits per heavy atom. The number of Topliss-reactive ketones (excluding diaryl/α,β-unsaturated/α-hetero) is 1. The van der Waals surface area contributed by atoms with Gasteiger partial charge in [0, 0.05) is 17.8 Å². The molecule has 1 amide bonds. The van der Waals surface area contributed by atoms with E-state index in [1.54, 1.807) is 13.8 Å². The molecule has 1 aliphatic heterocycles. The highest BCUT2D eigenvalue weighted by atomic mass is 32.2. The van der Waals surface area contributed by atoms with Crippen LogP contribution in [0, 0.1) is 18.3 Å². The van der Waals surface area contributed by atoms with Gasteiger partial charge in [-0.1, -0.05) is 17.8 Å². The molecule has 28 heavy (non-hydrogen) atoms. The van der Waals surface area contributed by atoms with Crippen molar-refractivity contribution in [2.24, 2.45) is 0 Å². The first-order valence-corrected chi connectivity index (χ1v) is 9.52. The van der Waals surface area contributed by atoms with E-state index in [4.69, 9.17) is 9.47 Å². The third kappa shape index (κ3) is 4.26. The first-order valence-electron chi connectivity index (χ1n) is 8.64. The summed E-state index contributed by atoms with van der Waals surface area (Å²) in [7, 11) is 0. The van der Waals surface area contributed by atoms with E-state index in [-0.39, 0.29) is 24.0 Å². The third-order valence-corrected chi connectivity index (χ3v) is 5.34. The minimum atomic E-state index is -0.462. The minimum Gasteiger partial charge on any atom is -0.454 e. The standard InChI is InChI=1S/C20H19N3O4S/c1-11-16(12(2)24)7-15(8-21)20(23-11)28-13(3)19(25)22-9-14-4-5-17-18(6-14)27-10-26-17/h4-7,13H,9-10H2,1-3H3,(H,22,25). The SMILES string of the molecule is CC(=O)c1cc(C#N)c(SC(C)C(=O)NCc2ccc3c(c2)OCO3)nc1C. The number of amides is 1. The molecule has 2 heterocycles. The van der Waals surface area contributed by atoms with Crippen LogP contribution in [-0.4, -0.2) is 28.7 Å². The zero-order chi connectivity index (χ0) is 20.3. The fourth-order valence-electron chi connectivity index (χ4n) is 2.71. The van der Waals surface area contributed by atoms with Crippen LogP contribution < -0.4 is 14.8 Å². The number of hydrogen-bond donors (Lipinski definition) is 1. The molecule has 1 aliphatic rings. The van der Waals surface area contributed by atoms with Crippen LogP contribution in [0.15, 0.2) is 29.3 Å². The van der Waals surface area contributed by atoms with Gasteiger partial charge in [0.2, 0.25) is 12.7 Å². The van der Waals surface area contributed by atoms with E-state index in [1.807, 2.05) is 18.2 Å². The summed E-state index contributed by atoms with van der Waals surface area (Å²) in [4.78, 5) is 28.4. The van der Waals surface area contributed by atoms with Crippen molar-refractivity contribution in [2.45, 2.75) is 37.6 Å². The number of aromatic nitrogens is 1. The van der Waals surface area contributed by atoms with Gasteiger partial charge >= 0.3 is 0 Å². The maximum absolute atomic E-state index is 12.5. The van der Waals surface area contributed by atoms with Crippen LogP contribution in [0.3, 0.4) is 0 Å². The second-order valence-corrected chi connectivity index (χ2v) is 7.64. The van der Waals surface area contributed by atoms with Crippen molar-refractivity contribution in [3.63, 3.8) is 0 Å². The van der Waals surface area contributed by atoms with Crippen LogP contribution in [0.4, 0.5) is 0 Å². The molecule has 1 unspecified atom stereocenters. The smallest absolute Gasteiger partial charge is 0.233 e. The van der Waals surface area contributed by atoms with Crippen molar-refractivity contribution in [2.75, 3.05) is 6.79 Å². The summed E-state index contributed by atoms with van der Waals surface area (Å²) in [5.74, 6) is 1.03. The molecule has 8 heteroatoms. The number of hydrogen-bond acceptors (Lipinski definition) is 7. The van der Waals surface area contributed by atoms with E-state index in [0.29, 0.717) is 34.3 Å². The fraction of sp³-hybridized carbons (Fsp3) is 0.300.